The molecule has 2 aliphatic heterocycles. The molecule has 8 nitrogen and oxygen atoms in total. The Morgan fingerprint density at radius 2 is 1.13 bits per heavy atom. The Balaban J connectivity index is 1.12. The van der Waals surface area contributed by atoms with Gasteiger partial charge in [-0.25, -0.2) is 9.68 Å². The average Bonchev–Trinajstić information content (AvgIpc) is 3.46. The van der Waals surface area contributed by atoms with E-state index in [2.05, 4.69) is 0 Å². The molecule has 4 aromatic rings. The summed E-state index contributed by atoms with van der Waals surface area (Å²) in [5.74, 6) is -3.84. The second kappa shape index (κ2) is 12.9. The van der Waals surface area contributed by atoms with Gasteiger partial charge in [0.1, 0.15) is 24.9 Å². The summed E-state index contributed by atoms with van der Waals surface area (Å²) < 4.78 is 17.5. The van der Waals surface area contributed by atoms with E-state index in [1.807, 2.05) is 121 Å². The summed E-state index contributed by atoms with van der Waals surface area (Å²) in [5, 5.41) is 11.0. The van der Waals surface area contributed by atoms with E-state index in [4.69, 9.17) is 24.0 Å². The minimum Gasteiger partial charge on any atom is -0.482 e. The Bertz CT molecular complexity index is 1610. The van der Waals surface area contributed by atoms with Gasteiger partial charge in [-0.05, 0) is 25.0 Å². The van der Waals surface area contributed by atoms with Crippen LogP contribution in [-0.2, 0) is 44.8 Å². The Morgan fingerprint density at radius 1 is 0.696 bits per heavy atom. The lowest BCUT2D eigenvalue weighted by Gasteiger charge is -2.45. The number of allylic oxidation sites excluding steroid dienone is 1. The predicted molar refractivity (Wildman–Crippen MR) is 169 cm³/mol. The zero-order valence-corrected chi connectivity index (χ0v) is 25.8. The van der Waals surface area contributed by atoms with Crippen molar-refractivity contribution >= 4 is 11.9 Å². The molecule has 1 saturated heterocycles. The van der Waals surface area contributed by atoms with Crippen LogP contribution in [0, 0.1) is 5.92 Å². The van der Waals surface area contributed by atoms with Gasteiger partial charge in [0.25, 0.3) is 0 Å². The molecule has 0 aromatic heterocycles. The Hall–Kier alpha value is -4.76. The molecule has 0 amide bonds. The fourth-order valence-corrected chi connectivity index (χ4v) is 6.26. The van der Waals surface area contributed by atoms with E-state index < -0.39 is 34.8 Å². The maximum atomic E-state index is 13.4. The van der Waals surface area contributed by atoms with Crippen molar-refractivity contribution in [3.05, 3.63) is 155 Å². The summed E-state index contributed by atoms with van der Waals surface area (Å²) in [6, 6.07) is 38.3. The highest BCUT2D eigenvalue weighted by molar-refractivity contribution is 5.90. The second-order valence-corrected chi connectivity index (χ2v) is 11.7. The van der Waals surface area contributed by atoms with Gasteiger partial charge in [-0.2, -0.15) is 4.89 Å². The third kappa shape index (κ3) is 5.95. The fourth-order valence-electron chi connectivity index (χ4n) is 6.26. The van der Waals surface area contributed by atoms with Crippen LogP contribution in [0.1, 0.15) is 48.9 Å². The summed E-state index contributed by atoms with van der Waals surface area (Å²) in [6.07, 6.45) is 0.339. The van der Waals surface area contributed by atoms with Gasteiger partial charge < -0.3 is 19.3 Å². The molecule has 1 fully saturated rings. The molecule has 2 heterocycles. The van der Waals surface area contributed by atoms with Crippen molar-refractivity contribution in [1.82, 2.24) is 0 Å². The SMILES string of the molecule is CC1=C(C(=O)OCCOC(=O)C2CC(c3ccccc3)(c3ccccc3)OOC2(C)O)CC(c2ccccc2)(c2ccccc2)O1. The number of carbonyl (C=O) groups excluding carboxylic acids is 2. The van der Waals surface area contributed by atoms with Crippen molar-refractivity contribution in [2.75, 3.05) is 13.2 Å². The van der Waals surface area contributed by atoms with Gasteiger partial charge in [0.15, 0.2) is 11.2 Å². The predicted octanol–water partition coefficient (Wildman–Crippen LogP) is 6.33. The molecule has 2 atom stereocenters. The van der Waals surface area contributed by atoms with Gasteiger partial charge in [-0.1, -0.05) is 121 Å². The Kier molecular flexibility index (Phi) is 8.77. The van der Waals surface area contributed by atoms with Crippen molar-refractivity contribution in [3.8, 4) is 0 Å². The van der Waals surface area contributed by atoms with Crippen LogP contribution >= 0.6 is 0 Å². The zero-order chi connectivity index (χ0) is 32.2. The number of benzene rings is 4. The number of aliphatic hydroxyl groups is 1. The van der Waals surface area contributed by atoms with Gasteiger partial charge in [0.05, 0.1) is 5.57 Å². The molecular formula is C38H36O8. The molecule has 236 valence electrons. The van der Waals surface area contributed by atoms with E-state index in [-0.39, 0.29) is 26.1 Å². The molecule has 2 aliphatic rings. The normalized spacial score (nSPS) is 21.7. The quantitative estimate of drug-likeness (QED) is 0.132. The lowest BCUT2D eigenvalue weighted by Crippen LogP contribution is -2.53. The van der Waals surface area contributed by atoms with Gasteiger partial charge in [0, 0.05) is 24.0 Å². The lowest BCUT2D eigenvalue weighted by molar-refractivity contribution is -0.489. The molecule has 0 bridgehead atoms. The molecule has 4 aromatic carbocycles. The molecule has 46 heavy (non-hydrogen) atoms. The van der Waals surface area contributed by atoms with Gasteiger partial charge in [-0.15, -0.1) is 0 Å². The van der Waals surface area contributed by atoms with Crippen LogP contribution < -0.4 is 0 Å². The van der Waals surface area contributed by atoms with Crippen LogP contribution in [-0.4, -0.2) is 36.0 Å². The number of ether oxygens (including phenoxy) is 3. The lowest BCUT2D eigenvalue weighted by atomic mass is 9.76. The number of carbonyl (C=O) groups is 2. The van der Waals surface area contributed by atoms with E-state index in [0.717, 1.165) is 22.3 Å². The van der Waals surface area contributed by atoms with Crippen LogP contribution in [0.2, 0.25) is 0 Å². The van der Waals surface area contributed by atoms with Crippen LogP contribution in [0.25, 0.3) is 0 Å². The summed E-state index contributed by atoms with van der Waals surface area (Å²) in [4.78, 5) is 38.1. The van der Waals surface area contributed by atoms with Crippen molar-refractivity contribution in [3.63, 3.8) is 0 Å². The van der Waals surface area contributed by atoms with Crippen LogP contribution in [0.15, 0.2) is 133 Å². The number of esters is 2. The Labute approximate surface area is 268 Å². The molecule has 8 heteroatoms. The van der Waals surface area contributed by atoms with E-state index in [9.17, 15) is 14.7 Å². The molecule has 1 N–H and O–H groups in total. The topological polar surface area (TPSA) is 101 Å². The Morgan fingerprint density at radius 3 is 1.61 bits per heavy atom. The van der Waals surface area contributed by atoms with Crippen molar-refractivity contribution in [2.24, 2.45) is 5.92 Å². The van der Waals surface area contributed by atoms with Gasteiger partial charge >= 0.3 is 11.9 Å². The number of hydrogen-bond acceptors (Lipinski definition) is 8. The highest BCUT2D eigenvalue weighted by Gasteiger charge is 2.54. The van der Waals surface area contributed by atoms with Crippen LogP contribution in [0.4, 0.5) is 0 Å². The van der Waals surface area contributed by atoms with Crippen LogP contribution in [0.5, 0.6) is 0 Å². The standard InChI is InChI=1S/C38H36O8/c1-27-32(25-37(44-27,28-15-7-3-8-16-28)29-17-9-4-10-18-29)34(39)42-23-24-43-35(40)33-26-38(46-45-36(33,2)41,30-19-11-5-12-20-30)31-21-13-6-14-22-31/h3-22,33,41H,23-26H2,1-2H3. The maximum absolute atomic E-state index is 13.4. The monoisotopic (exact) mass is 620 g/mol. The van der Waals surface area contributed by atoms with E-state index in [1.54, 1.807) is 6.92 Å². The first kappa shape index (κ1) is 31.2. The molecular weight excluding hydrogens is 584 g/mol. The number of hydrogen-bond donors (Lipinski definition) is 1. The van der Waals surface area contributed by atoms with Gasteiger partial charge in [0.2, 0.25) is 5.79 Å². The smallest absolute Gasteiger partial charge is 0.337 e. The molecule has 0 radical (unpaired) electrons. The first-order valence-electron chi connectivity index (χ1n) is 15.3. The third-order valence-corrected chi connectivity index (χ3v) is 8.72. The van der Waals surface area contributed by atoms with Gasteiger partial charge in [-0.3, -0.25) is 4.79 Å². The fraction of sp³-hybridized carbons (Fsp3) is 0.263. The third-order valence-electron chi connectivity index (χ3n) is 8.72. The van der Waals surface area contributed by atoms with E-state index in [1.165, 1.54) is 6.92 Å². The van der Waals surface area contributed by atoms with Crippen molar-refractivity contribution in [1.29, 1.82) is 0 Å². The summed E-state index contributed by atoms with van der Waals surface area (Å²) in [7, 11) is 0. The second-order valence-electron chi connectivity index (χ2n) is 11.7. The highest BCUT2D eigenvalue weighted by Crippen LogP contribution is 2.48. The van der Waals surface area contributed by atoms with Crippen molar-refractivity contribution in [2.45, 2.75) is 43.7 Å². The molecule has 2 unspecified atom stereocenters. The van der Waals surface area contributed by atoms with E-state index >= 15 is 0 Å². The molecule has 6 rings (SSSR count). The minimum atomic E-state index is -1.96. The molecule has 0 aliphatic carbocycles. The number of rotatable bonds is 9. The maximum Gasteiger partial charge on any atom is 0.337 e. The minimum absolute atomic E-state index is 0.0527. The average molecular weight is 621 g/mol. The summed E-state index contributed by atoms with van der Waals surface area (Å²) in [5.41, 5.74) is 1.73. The largest absolute Gasteiger partial charge is 0.482 e. The molecule has 0 spiro atoms. The van der Waals surface area contributed by atoms with E-state index in [0.29, 0.717) is 11.3 Å². The summed E-state index contributed by atoms with van der Waals surface area (Å²) in [6.45, 7) is 2.72. The molecule has 0 saturated carbocycles. The summed E-state index contributed by atoms with van der Waals surface area (Å²) >= 11 is 0. The van der Waals surface area contributed by atoms with Crippen LogP contribution in [0.3, 0.4) is 0 Å². The zero-order valence-electron chi connectivity index (χ0n) is 25.8. The van der Waals surface area contributed by atoms with Crippen molar-refractivity contribution < 1.29 is 38.7 Å². The first-order valence-corrected chi connectivity index (χ1v) is 15.3. The first-order chi connectivity index (χ1) is 22.3. The highest BCUT2D eigenvalue weighted by atomic mass is 17.2.